The topological polar surface area (TPSA) is 59.9 Å². The summed E-state index contributed by atoms with van der Waals surface area (Å²) in [5, 5.41) is 2.66. The molecule has 2 rings (SSSR count). The van der Waals surface area contributed by atoms with Gasteiger partial charge in [0.15, 0.2) is 9.84 Å². The molecule has 2 heterocycles. The van der Waals surface area contributed by atoms with Crippen LogP contribution in [0.2, 0.25) is 0 Å². The predicted octanol–water partition coefficient (Wildman–Crippen LogP) is 2.33. The van der Waals surface area contributed by atoms with E-state index in [1.54, 1.807) is 10.9 Å². The normalized spacial score (nSPS) is 11.9. The van der Waals surface area contributed by atoms with Gasteiger partial charge >= 0.3 is 0 Å². The van der Waals surface area contributed by atoms with Crippen LogP contribution in [0.5, 0.6) is 0 Å². The molecule has 0 aliphatic rings. The van der Waals surface area contributed by atoms with Crippen LogP contribution in [0.4, 0.5) is 0 Å². The number of rotatable bonds is 4. The molecular formula is C10H12N2O2S3. The van der Waals surface area contributed by atoms with Crippen LogP contribution in [-0.2, 0) is 21.3 Å². The van der Waals surface area contributed by atoms with Gasteiger partial charge in [-0.3, -0.25) is 0 Å². The van der Waals surface area contributed by atoms with Crippen molar-refractivity contribution in [3.8, 4) is 0 Å². The summed E-state index contributed by atoms with van der Waals surface area (Å²) in [4.78, 5) is 9.21. The second-order valence-corrected chi connectivity index (χ2v) is 7.94. The van der Waals surface area contributed by atoms with Crippen molar-refractivity contribution in [3.63, 3.8) is 0 Å². The minimum Gasteiger partial charge on any atom is -0.249 e. The second-order valence-electron chi connectivity index (χ2n) is 3.75. The fraction of sp³-hybridized carbons (Fsp3) is 0.400. The van der Waals surface area contributed by atoms with E-state index in [0.717, 1.165) is 9.88 Å². The van der Waals surface area contributed by atoms with Crippen molar-refractivity contribution in [3.05, 3.63) is 32.2 Å². The summed E-state index contributed by atoms with van der Waals surface area (Å²) in [6.45, 7) is 3.78. The Bertz CT molecular complexity index is 600. The minimum absolute atomic E-state index is 0.000694. The molecule has 17 heavy (non-hydrogen) atoms. The summed E-state index contributed by atoms with van der Waals surface area (Å²) in [5.41, 5.74) is 2.92. The molecule has 0 spiro atoms. The standard InChI is InChI=1S/C10H12N2O2S3/c1-7-10(12-8(2)16-7)5-17(13,14)4-9-3-15-6-11-9/h3,6H,4-5H2,1-2H3. The molecule has 0 fully saturated rings. The number of hydrogen-bond acceptors (Lipinski definition) is 6. The van der Waals surface area contributed by atoms with Crippen LogP contribution in [0.3, 0.4) is 0 Å². The fourth-order valence-electron chi connectivity index (χ4n) is 1.50. The Morgan fingerprint density at radius 1 is 1.29 bits per heavy atom. The van der Waals surface area contributed by atoms with Gasteiger partial charge in [-0.1, -0.05) is 0 Å². The zero-order valence-corrected chi connectivity index (χ0v) is 12.0. The largest absolute Gasteiger partial charge is 0.249 e. The molecule has 0 aliphatic heterocycles. The Balaban J connectivity index is 2.15. The lowest BCUT2D eigenvalue weighted by molar-refractivity contribution is 0.593. The maximum absolute atomic E-state index is 12.0. The molecular weight excluding hydrogens is 276 g/mol. The van der Waals surface area contributed by atoms with Crippen LogP contribution in [-0.4, -0.2) is 18.4 Å². The lowest BCUT2D eigenvalue weighted by atomic mass is 10.4. The first-order valence-electron chi connectivity index (χ1n) is 4.97. The van der Waals surface area contributed by atoms with E-state index in [-0.39, 0.29) is 11.5 Å². The van der Waals surface area contributed by atoms with Crippen LogP contribution in [0.1, 0.15) is 21.3 Å². The average molecular weight is 288 g/mol. The number of sulfone groups is 1. The molecule has 0 N–H and O–H groups in total. The van der Waals surface area contributed by atoms with Crippen molar-refractivity contribution in [2.24, 2.45) is 0 Å². The van der Waals surface area contributed by atoms with E-state index in [0.29, 0.717) is 11.4 Å². The summed E-state index contributed by atoms with van der Waals surface area (Å²) in [5.74, 6) is -0.00673. The van der Waals surface area contributed by atoms with Crippen LogP contribution in [0.15, 0.2) is 10.9 Å². The molecule has 92 valence electrons. The van der Waals surface area contributed by atoms with Gasteiger partial charge in [0.2, 0.25) is 0 Å². The Kier molecular flexibility index (Phi) is 3.60. The van der Waals surface area contributed by atoms with Gasteiger partial charge in [-0.05, 0) is 13.8 Å². The Labute approximate surface area is 108 Å². The van der Waals surface area contributed by atoms with Crippen LogP contribution in [0, 0.1) is 13.8 Å². The zero-order valence-electron chi connectivity index (χ0n) is 9.50. The molecule has 0 bridgehead atoms. The first kappa shape index (κ1) is 12.7. The Morgan fingerprint density at radius 2 is 2.06 bits per heavy atom. The minimum atomic E-state index is -3.18. The number of hydrogen-bond donors (Lipinski definition) is 0. The average Bonchev–Trinajstić information content (AvgIpc) is 2.76. The SMILES string of the molecule is Cc1nc(CS(=O)(=O)Cc2cscn2)c(C)s1. The number of aromatic nitrogens is 2. The number of nitrogens with zero attached hydrogens (tertiary/aromatic N) is 2. The van der Waals surface area contributed by atoms with Gasteiger partial charge in [0.25, 0.3) is 0 Å². The lowest BCUT2D eigenvalue weighted by Crippen LogP contribution is -2.08. The van der Waals surface area contributed by atoms with Crippen molar-refractivity contribution in [1.29, 1.82) is 0 Å². The Hall–Kier alpha value is -0.790. The lowest BCUT2D eigenvalue weighted by Gasteiger charge is -2.00. The maximum Gasteiger partial charge on any atom is 0.161 e. The molecule has 0 aliphatic carbocycles. The third-order valence-electron chi connectivity index (χ3n) is 2.21. The van der Waals surface area contributed by atoms with Gasteiger partial charge in [0.1, 0.15) is 0 Å². The van der Waals surface area contributed by atoms with E-state index < -0.39 is 9.84 Å². The molecule has 0 radical (unpaired) electrons. The van der Waals surface area contributed by atoms with Crippen molar-refractivity contribution >= 4 is 32.5 Å². The van der Waals surface area contributed by atoms with Crippen LogP contribution < -0.4 is 0 Å². The molecule has 0 aromatic carbocycles. The van der Waals surface area contributed by atoms with E-state index in [2.05, 4.69) is 9.97 Å². The first-order valence-corrected chi connectivity index (χ1v) is 8.55. The van der Waals surface area contributed by atoms with Gasteiger partial charge in [0, 0.05) is 10.3 Å². The molecule has 0 atom stereocenters. The van der Waals surface area contributed by atoms with Gasteiger partial charge in [0.05, 0.1) is 33.4 Å². The highest BCUT2D eigenvalue weighted by molar-refractivity contribution is 7.89. The highest BCUT2D eigenvalue weighted by Crippen LogP contribution is 2.20. The van der Waals surface area contributed by atoms with Crippen molar-refractivity contribution in [1.82, 2.24) is 9.97 Å². The highest BCUT2D eigenvalue weighted by Gasteiger charge is 2.18. The van der Waals surface area contributed by atoms with Crippen LogP contribution >= 0.6 is 22.7 Å². The monoisotopic (exact) mass is 288 g/mol. The zero-order chi connectivity index (χ0) is 12.5. The summed E-state index contributed by atoms with van der Waals surface area (Å²) < 4.78 is 23.9. The molecule has 7 heteroatoms. The summed E-state index contributed by atoms with van der Waals surface area (Å²) in [6.07, 6.45) is 0. The van der Waals surface area contributed by atoms with Gasteiger partial charge < -0.3 is 0 Å². The molecule has 2 aromatic rings. The fourth-order valence-corrected chi connectivity index (χ4v) is 4.50. The number of aryl methyl sites for hydroxylation is 2. The van der Waals surface area contributed by atoms with E-state index in [4.69, 9.17) is 0 Å². The summed E-state index contributed by atoms with van der Waals surface area (Å²) in [6, 6.07) is 0. The van der Waals surface area contributed by atoms with E-state index in [9.17, 15) is 8.42 Å². The van der Waals surface area contributed by atoms with Crippen molar-refractivity contribution in [2.75, 3.05) is 0 Å². The molecule has 0 amide bonds. The predicted molar refractivity (Wildman–Crippen MR) is 70.0 cm³/mol. The van der Waals surface area contributed by atoms with Gasteiger partial charge in [-0.25, -0.2) is 18.4 Å². The van der Waals surface area contributed by atoms with E-state index in [1.807, 2.05) is 13.8 Å². The van der Waals surface area contributed by atoms with E-state index in [1.165, 1.54) is 22.7 Å². The second kappa shape index (κ2) is 4.83. The smallest absolute Gasteiger partial charge is 0.161 e. The highest BCUT2D eigenvalue weighted by atomic mass is 32.2. The van der Waals surface area contributed by atoms with Crippen LogP contribution in [0.25, 0.3) is 0 Å². The molecule has 0 unspecified atom stereocenters. The molecule has 0 saturated heterocycles. The van der Waals surface area contributed by atoms with Gasteiger partial charge in [-0.2, -0.15) is 0 Å². The first-order chi connectivity index (χ1) is 7.96. The van der Waals surface area contributed by atoms with Gasteiger partial charge in [-0.15, -0.1) is 22.7 Å². The molecule has 0 saturated carbocycles. The van der Waals surface area contributed by atoms with E-state index >= 15 is 0 Å². The quantitative estimate of drug-likeness (QED) is 0.866. The molecule has 4 nitrogen and oxygen atoms in total. The Morgan fingerprint density at radius 3 is 2.59 bits per heavy atom. The van der Waals surface area contributed by atoms with Crippen molar-refractivity contribution < 1.29 is 8.42 Å². The summed E-state index contributed by atoms with van der Waals surface area (Å²) >= 11 is 2.93. The maximum atomic E-state index is 12.0. The summed E-state index contributed by atoms with van der Waals surface area (Å²) in [7, 11) is -3.18. The number of thiazole rings is 2. The van der Waals surface area contributed by atoms with Crippen molar-refractivity contribution in [2.45, 2.75) is 25.4 Å². The third kappa shape index (κ3) is 3.34. The molecule has 2 aromatic heterocycles. The third-order valence-corrected chi connectivity index (χ3v) is 5.22.